The largest absolute Gasteiger partial charge is 0.494 e. The highest BCUT2D eigenvalue weighted by atomic mass is 31.2. The van der Waals surface area contributed by atoms with Crippen molar-refractivity contribution in [2.75, 3.05) is 33.3 Å². The SMILES string of the molecule is COc1cnc(-n2cnc(C)n2)c2c1c(C(=O)C(=O)N1CC[N+](=C(C#N)c3ccccn3)CC1)cn2COP(=O)(O)O. The summed E-state index contributed by atoms with van der Waals surface area (Å²) >= 11 is 0. The molecule has 5 heterocycles. The van der Waals surface area contributed by atoms with Gasteiger partial charge in [-0.05, 0) is 19.1 Å². The monoisotopic (exact) mass is 594 g/mol. The van der Waals surface area contributed by atoms with Crippen LogP contribution in [0.1, 0.15) is 21.9 Å². The first kappa shape index (κ1) is 28.7. The van der Waals surface area contributed by atoms with Crippen LogP contribution in [0.3, 0.4) is 0 Å². The summed E-state index contributed by atoms with van der Waals surface area (Å²) in [5, 5.41) is 14.1. The number of ether oxygens (including phenoxy) is 1. The second-order valence-electron chi connectivity index (χ2n) is 9.16. The van der Waals surface area contributed by atoms with Crippen molar-refractivity contribution in [3.05, 3.63) is 60.2 Å². The average Bonchev–Trinajstić information content (AvgIpc) is 3.60. The van der Waals surface area contributed by atoms with Gasteiger partial charge in [0.1, 0.15) is 35.8 Å². The molecule has 4 aromatic heterocycles. The van der Waals surface area contributed by atoms with Crippen molar-refractivity contribution in [3.63, 3.8) is 0 Å². The molecule has 1 aliphatic heterocycles. The number of ketones is 1. The Balaban J connectivity index is 1.51. The van der Waals surface area contributed by atoms with Crippen molar-refractivity contribution >= 4 is 36.1 Å². The number of rotatable bonds is 8. The van der Waals surface area contributed by atoms with Gasteiger partial charge in [0.05, 0.1) is 37.3 Å². The van der Waals surface area contributed by atoms with E-state index in [1.807, 2.05) is 4.58 Å². The number of Topliss-reactive ketones (excluding diaryl/α,β-unsaturated/α-hetero) is 1. The summed E-state index contributed by atoms with van der Waals surface area (Å²) in [5.41, 5.74) is 0.981. The summed E-state index contributed by atoms with van der Waals surface area (Å²) in [4.78, 5) is 59.9. The molecule has 1 saturated heterocycles. The summed E-state index contributed by atoms with van der Waals surface area (Å²) in [6.45, 7) is 1.94. The van der Waals surface area contributed by atoms with Crippen LogP contribution in [0.4, 0.5) is 0 Å². The van der Waals surface area contributed by atoms with Crippen LogP contribution in [0.25, 0.3) is 16.7 Å². The Bertz CT molecular complexity index is 1790. The molecule has 17 heteroatoms. The molecule has 1 fully saturated rings. The average molecular weight is 595 g/mol. The minimum atomic E-state index is -4.91. The number of phosphoric ester groups is 1. The zero-order valence-electron chi connectivity index (χ0n) is 22.5. The molecule has 0 bridgehead atoms. The Morgan fingerprint density at radius 1 is 1.19 bits per heavy atom. The predicted octanol–water partition coefficient (Wildman–Crippen LogP) is 0.446. The van der Waals surface area contributed by atoms with Crippen LogP contribution < -0.4 is 4.74 Å². The molecule has 42 heavy (non-hydrogen) atoms. The molecule has 0 saturated carbocycles. The Kier molecular flexibility index (Phi) is 7.92. The van der Waals surface area contributed by atoms with Crippen molar-refractivity contribution in [1.82, 2.24) is 34.2 Å². The number of piperazine rings is 1. The third-order valence-electron chi connectivity index (χ3n) is 6.58. The van der Waals surface area contributed by atoms with E-state index in [-0.39, 0.29) is 41.1 Å². The third-order valence-corrected chi connectivity index (χ3v) is 7.04. The summed E-state index contributed by atoms with van der Waals surface area (Å²) in [6.07, 6.45) is 5.58. The number of carbonyl (C=O) groups is 2. The van der Waals surface area contributed by atoms with E-state index in [9.17, 15) is 29.2 Å². The number of aryl methyl sites for hydroxylation is 1. The fourth-order valence-electron chi connectivity index (χ4n) is 4.66. The van der Waals surface area contributed by atoms with Gasteiger partial charge in [-0.1, -0.05) is 6.07 Å². The zero-order chi connectivity index (χ0) is 30.0. The smallest absolute Gasteiger partial charge is 0.471 e. The summed E-state index contributed by atoms with van der Waals surface area (Å²) in [5.74, 6) is -0.934. The number of amides is 1. The molecule has 16 nitrogen and oxygen atoms in total. The van der Waals surface area contributed by atoms with Gasteiger partial charge in [-0.15, -0.1) is 0 Å². The number of pyridine rings is 2. The highest BCUT2D eigenvalue weighted by Crippen LogP contribution is 2.39. The highest BCUT2D eigenvalue weighted by Gasteiger charge is 2.34. The standard InChI is InChI=1S/C25H24N9O7P/c1-16-29-14-34(30-16)24-22-21(20(40-2)12-28-24)17(13-33(22)15-41-42(37,38)39)23(35)25(36)32-9-7-31(8-10-32)19(11-26)18-5-3-4-6-27-18/h3-6,12-14H,7-10,15H2,1-2H3,(H-,37,38,39)/p+1. The first-order valence-corrected chi connectivity index (χ1v) is 14.1. The van der Waals surface area contributed by atoms with Crippen LogP contribution in [0, 0.1) is 18.3 Å². The van der Waals surface area contributed by atoms with Crippen molar-refractivity contribution in [3.8, 4) is 17.6 Å². The maximum Gasteiger partial charge on any atom is 0.471 e. The van der Waals surface area contributed by atoms with Gasteiger partial charge < -0.3 is 24.0 Å². The molecule has 0 aliphatic carbocycles. The van der Waals surface area contributed by atoms with Gasteiger partial charge >= 0.3 is 13.5 Å². The zero-order valence-corrected chi connectivity index (χ0v) is 23.4. The predicted molar refractivity (Wildman–Crippen MR) is 144 cm³/mol. The van der Waals surface area contributed by atoms with E-state index in [1.54, 1.807) is 31.3 Å². The van der Waals surface area contributed by atoms with Crippen LogP contribution in [0.2, 0.25) is 0 Å². The van der Waals surface area contributed by atoms with Gasteiger partial charge in [-0.2, -0.15) is 10.4 Å². The van der Waals surface area contributed by atoms with E-state index < -0.39 is 26.2 Å². The molecule has 4 aromatic rings. The van der Waals surface area contributed by atoms with E-state index in [4.69, 9.17) is 9.26 Å². The third kappa shape index (κ3) is 5.67. The molecule has 2 N–H and O–H groups in total. The number of aromatic nitrogens is 6. The fourth-order valence-corrected chi connectivity index (χ4v) is 4.93. The Labute approximate surface area is 238 Å². The Morgan fingerprint density at radius 2 is 1.95 bits per heavy atom. The highest BCUT2D eigenvalue weighted by molar-refractivity contribution is 7.46. The Morgan fingerprint density at radius 3 is 2.55 bits per heavy atom. The van der Waals surface area contributed by atoms with E-state index in [1.165, 1.54) is 40.0 Å². The number of methoxy groups -OCH3 is 1. The lowest BCUT2D eigenvalue weighted by Gasteiger charge is -2.25. The lowest BCUT2D eigenvalue weighted by molar-refractivity contribution is -0.536. The van der Waals surface area contributed by atoms with Crippen LogP contribution in [-0.2, 0) is 20.6 Å². The number of hydrogen-bond donors (Lipinski definition) is 2. The van der Waals surface area contributed by atoms with Crippen molar-refractivity contribution in [2.24, 2.45) is 0 Å². The van der Waals surface area contributed by atoms with E-state index in [2.05, 4.69) is 26.1 Å². The molecule has 5 rings (SSSR count). The second-order valence-corrected chi connectivity index (χ2v) is 10.4. The number of nitrogens with zero attached hydrogens (tertiary/aromatic N) is 9. The van der Waals surface area contributed by atoms with Gasteiger partial charge in [-0.25, -0.2) is 28.8 Å². The molecule has 0 aromatic carbocycles. The number of nitriles is 1. The molecule has 1 aliphatic rings. The quantitative estimate of drug-likeness (QED) is 0.124. The van der Waals surface area contributed by atoms with Crippen molar-refractivity contribution in [1.29, 1.82) is 5.26 Å². The van der Waals surface area contributed by atoms with Gasteiger partial charge in [0.25, 0.3) is 11.7 Å². The van der Waals surface area contributed by atoms with Crippen LogP contribution in [0.5, 0.6) is 5.75 Å². The van der Waals surface area contributed by atoms with E-state index >= 15 is 0 Å². The molecule has 0 unspecified atom stereocenters. The normalized spacial score (nSPS) is 13.7. The lowest BCUT2D eigenvalue weighted by Crippen LogP contribution is -2.48. The van der Waals surface area contributed by atoms with E-state index in [0.717, 1.165) is 0 Å². The first-order valence-electron chi connectivity index (χ1n) is 12.5. The fraction of sp³-hybridized carbons (Fsp3) is 0.280. The topological polar surface area (TPSA) is 202 Å². The molecular formula is C25H25N9O7P+. The molecule has 0 spiro atoms. The summed E-state index contributed by atoms with van der Waals surface area (Å²) < 4.78 is 26.0. The second kappa shape index (κ2) is 11.6. The molecule has 0 radical (unpaired) electrons. The van der Waals surface area contributed by atoms with Gasteiger partial charge in [0.15, 0.2) is 25.0 Å². The van der Waals surface area contributed by atoms with Crippen molar-refractivity contribution < 1.29 is 37.8 Å². The molecule has 1 amide bonds. The lowest BCUT2D eigenvalue weighted by atomic mass is 10.1. The summed E-state index contributed by atoms with van der Waals surface area (Å²) in [6, 6.07) is 7.42. The molecular weight excluding hydrogens is 569 g/mol. The van der Waals surface area contributed by atoms with Crippen molar-refractivity contribution in [2.45, 2.75) is 13.7 Å². The first-order chi connectivity index (χ1) is 20.1. The Hall–Kier alpha value is -4.81. The van der Waals surface area contributed by atoms with E-state index in [0.29, 0.717) is 30.3 Å². The minimum Gasteiger partial charge on any atom is -0.494 e. The van der Waals surface area contributed by atoms with Gasteiger partial charge in [-0.3, -0.25) is 14.1 Å². The minimum absolute atomic E-state index is 0.0816. The maximum atomic E-state index is 13.7. The summed E-state index contributed by atoms with van der Waals surface area (Å²) in [7, 11) is -3.55. The van der Waals surface area contributed by atoms with Gasteiger partial charge in [0, 0.05) is 12.4 Å². The number of carbonyl (C=O) groups excluding carboxylic acids is 2. The van der Waals surface area contributed by atoms with Gasteiger partial charge in [0.2, 0.25) is 0 Å². The van der Waals surface area contributed by atoms with Crippen LogP contribution >= 0.6 is 7.82 Å². The van der Waals surface area contributed by atoms with Crippen LogP contribution in [-0.4, -0.2) is 99.3 Å². The number of phosphoric acid groups is 1. The molecule has 216 valence electrons. The number of fused-ring (bicyclic) bond motifs is 1. The number of hydrogen-bond acceptors (Lipinski definition) is 10. The van der Waals surface area contributed by atoms with Crippen LogP contribution in [0.15, 0.2) is 43.1 Å². The maximum absolute atomic E-state index is 13.7. The molecule has 0 atom stereocenters.